The number of amides is 1. The fraction of sp³-hybridized carbons (Fsp3) is 0.400. The molecule has 140 valence electrons. The molecule has 0 heterocycles. The maximum absolute atomic E-state index is 11.5. The van der Waals surface area contributed by atoms with Crippen LogP contribution in [0.5, 0.6) is 0 Å². The van der Waals surface area contributed by atoms with Crippen LogP contribution in [0.25, 0.3) is 0 Å². The van der Waals surface area contributed by atoms with E-state index < -0.39 is 23.9 Å². The first kappa shape index (κ1) is 22.6. The van der Waals surface area contributed by atoms with E-state index in [4.69, 9.17) is 0 Å². The summed E-state index contributed by atoms with van der Waals surface area (Å²) >= 11 is 0. The molecule has 0 saturated carbocycles. The summed E-state index contributed by atoms with van der Waals surface area (Å²) in [5.41, 5.74) is 0.512. The van der Waals surface area contributed by atoms with Gasteiger partial charge in [0.25, 0.3) is 0 Å². The van der Waals surface area contributed by atoms with E-state index in [9.17, 15) is 40.7 Å². The lowest BCUT2D eigenvalue weighted by molar-refractivity contribution is -0.193. The molecule has 25 heavy (non-hydrogen) atoms. The van der Waals surface area contributed by atoms with Crippen LogP contribution in [-0.4, -0.2) is 29.8 Å². The monoisotopic (exact) mass is 371 g/mol. The maximum atomic E-state index is 11.5. The highest BCUT2D eigenvalue weighted by atomic mass is 19.4. The second kappa shape index (κ2) is 8.13. The molecule has 0 fully saturated rings. The van der Waals surface area contributed by atoms with Crippen molar-refractivity contribution in [2.75, 3.05) is 5.32 Å². The summed E-state index contributed by atoms with van der Waals surface area (Å²) in [6.45, 7) is 5.68. The highest BCUT2D eigenvalue weighted by Crippen LogP contribution is 2.24. The molecule has 4 nitrogen and oxygen atoms in total. The van der Waals surface area contributed by atoms with Crippen LogP contribution in [0.2, 0.25) is 0 Å². The number of anilines is 1. The normalized spacial score (nSPS) is 11.9. The second-order valence-corrected chi connectivity index (χ2v) is 5.72. The first-order valence-corrected chi connectivity index (χ1v) is 6.66. The smallest absolute Gasteiger partial charge is 0.326 e. The summed E-state index contributed by atoms with van der Waals surface area (Å²) in [5.74, 6) is -6.77. The number of alkyl halides is 6. The number of ketones is 2. The molecule has 0 spiro atoms. The minimum absolute atomic E-state index is 0.0405. The molecule has 1 rings (SSSR count). The Morgan fingerprint density at radius 3 is 1.40 bits per heavy atom. The van der Waals surface area contributed by atoms with E-state index in [1.807, 2.05) is 51.1 Å². The molecule has 1 aromatic carbocycles. The lowest BCUT2D eigenvalue weighted by atomic mass is 9.95. The van der Waals surface area contributed by atoms with Gasteiger partial charge in [-0.25, -0.2) is 0 Å². The number of rotatable bonds is 2. The topological polar surface area (TPSA) is 63.2 Å². The molecule has 0 aliphatic rings. The number of Topliss-reactive ketones (excluding diaryl/α,β-unsaturated/α-hetero) is 2. The summed E-state index contributed by atoms with van der Waals surface area (Å²) in [4.78, 5) is 30.8. The van der Waals surface area contributed by atoms with Crippen molar-refractivity contribution in [2.45, 2.75) is 33.1 Å². The van der Waals surface area contributed by atoms with Gasteiger partial charge in [-0.15, -0.1) is 0 Å². The van der Waals surface area contributed by atoms with Gasteiger partial charge in [-0.05, 0) is 12.1 Å². The molecule has 0 aliphatic heterocycles. The third-order valence-electron chi connectivity index (χ3n) is 2.43. The number of para-hydroxylation sites is 1. The van der Waals surface area contributed by atoms with Gasteiger partial charge in [-0.3, -0.25) is 14.4 Å². The van der Waals surface area contributed by atoms with E-state index in [-0.39, 0.29) is 11.3 Å². The number of carbonyl (C=O) groups is 3. The van der Waals surface area contributed by atoms with Crippen LogP contribution in [0.3, 0.4) is 0 Å². The van der Waals surface area contributed by atoms with Crippen LogP contribution in [0.15, 0.2) is 30.3 Å². The molecule has 0 saturated heterocycles. The number of nitrogens with one attached hydrogen (secondary N) is 1. The molecule has 1 amide bonds. The number of halogens is 6. The van der Waals surface area contributed by atoms with Gasteiger partial charge < -0.3 is 5.32 Å². The van der Waals surface area contributed by atoms with Crippen LogP contribution in [0, 0.1) is 5.41 Å². The molecule has 10 heteroatoms. The molecule has 0 radical (unpaired) electrons. The molecule has 0 bridgehead atoms. The Morgan fingerprint density at radius 2 is 1.12 bits per heavy atom. The summed E-state index contributed by atoms with van der Waals surface area (Å²) in [5, 5.41) is 2.84. The fourth-order valence-corrected chi connectivity index (χ4v) is 1.10. The summed E-state index contributed by atoms with van der Waals surface area (Å²) < 4.78 is 67.0. The molecule has 0 aliphatic carbocycles. The third-order valence-corrected chi connectivity index (χ3v) is 2.43. The van der Waals surface area contributed by atoms with Crippen molar-refractivity contribution < 1.29 is 40.7 Å². The van der Waals surface area contributed by atoms with Crippen LogP contribution < -0.4 is 5.32 Å². The van der Waals surface area contributed by atoms with Crippen LogP contribution >= 0.6 is 0 Å². The standard InChI is InChI=1S/C11H15NO.C4F6O2/c1-11(2,3)10(13)12-9-7-5-4-6-8-9;5-3(6,7)1(11)2(12)4(8,9)10/h4-8H,1-3H3,(H,12,13);. The van der Waals surface area contributed by atoms with Gasteiger partial charge in [0.15, 0.2) is 0 Å². The summed E-state index contributed by atoms with van der Waals surface area (Å²) in [7, 11) is 0. The molecular formula is C15H15F6NO3. The molecular weight excluding hydrogens is 356 g/mol. The van der Waals surface area contributed by atoms with E-state index in [2.05, 4.69) is 5.32 Å². The van der Waals surface area contributed by atoms with Gasteiger partial charge in [0.05, 0.1) is 0 Å². The lowest BCUT2D eigenvalue weighted by Crippen LogP contribution is -2.39. The lowest BCUT2D eigenvalue weighted by Gasteiger charge is -2.17. The Balaban J connectivity index is 0.000000463. The number of carbonyl (C=O) groups excluding carboxylic acids is 3. The zero-order valence-corrected chi connectivity index (χ0v) is 13.4. The molecule has 0 aromatic heterocycles. The SMILES string of the molecule is CC(C)(C)C(=O)Nc1ccccc1.O=C(C(=O)C(F)(F)F)C(F)(F)F. The average molecular weight is 371 g/mol. The Bertz CT molecular complexity index is 591. The van der Waals surface area contributed by atoms with Gasteiger partial charge in [0, 0.05) is 11.1 Å². The predicted octanol–water partition coefficient (Wildman–Crippen LogP) is 3.92. The van der Waals surface area contributed by atoms with Gasteiger partial charge >= 0.3 is 23.9 Å². The zero-order valence-electron chi connectivity index (χ0n) is 13.4. The minimum Gasteiger partial charge on any atom is -0.326 e. The zero-order chi connectivity index (χ0) is 20.1. The van der Waals surface area contributed by atoms with Crippen LogP contribution in [0.1, 0.15) is 20.8 Å². The van der Waals surface area contributed by atoms with Crippen LogP contribution in [0.4, 0.5) is 32.0 Å². The Labute approximate surface area is 139 Å². The van der Waals surface area contributed by atoms with E-state index >= 15 is 0 Å². The summed E-state index contributed by atoms with van der Waals surface area (Å²) in [6.07, 6.45) is -11.5. The quantitative estimate of drug-likeness (QED) is 0.633. The van der Waals surface area contributed by atoms with Crippen molar-refractivity contribution in [2.24, 2.45) is 5.41 Å². The van der Waals surface area contributed by atoms with E-state index in [0.29, 0.717) is 0 Å². The fourth-order valence-electron chi connectivity index (χ4n) is 1.10. The van der Waals surface area contributed by atoms with Gasteiger partial charge in [0.2, 0.25) is 5.91 Å². The molecule has 0 unspecified atom stereocenters. The van der Waals surface area contributed by atoms with E-state index in [1.165, 1.54) is 0 Å². The van der Waals surface area contributed by atoms with E-state index in [0.717, 1.165) is 5.69 Å². The molecule has 0 atom stereocenters. The average Bonchev–Trinajstić information content (AvgIpc) is 2.44. The van der Waals surface area contributed by atoms with Crippen LogP contribution in [-0.2, 0) is 14.4 Å². The third kappa shape index (κ3) is 8.32. The Morgan fingerprint density at radius 1 is 0.760 bits per heavy atom. The van der Waals surface area contributed by atoms with Crippen molar-refractivity contribution in [1.82, 2.24) is 0 Å². The van der Waals surface area contributed by atoms with Crippen molar-refractivity contribution in [1.29, 1.82) is 0 Å². The van der Waals surface area contributed by atoms with Gasteiger partial charge in [-0.2, -0.15) is 26.3 Å². The first-order valence-electron chi connectivity index (χ1n) is 6.66. The first-order chi connectivity index (χ1) is 11.1. The number of hydrogen-bond donors (Lipinski definition) is 1. The Hall–Kier alpha value is -2.39. The number of benzene rings is 1. The Kier molecular flexibility index (Phi) is 7.35. The molecule has 1 N–H and O–H groups in total. The highest BCUT2D eigenvalue weighted by Gasteiger charge is 2.54. The largest absolute Gasteiger partial charge is 0.458 e. The second-order valence-electron chi connectivity index (χ2n) is 5.72. The van der Waals surface area contributed by atoms with E-state index in [1.54, 1.807) is 0 Å². The summed E-state index contributed by atoms with van der Waals surface area (Å²) in [6, 6.07) is 9.48. The van der Waals surface area contributed by atoms with Crippen molar-refractivity contribution in [3.8, 4) is 0 Å². The van der Waals surface area contributed by atoms with Crippen molar-refractivity contribution in [3.05, 3.63) is 30.3 Å². The van der Waals surface area contributed by atoms with Crippen molar-refractivity contribution >= 4 is 23.2 Å². The predicted molar refractivity (Wildman–Crippen MR) is 76.7 cm³/mol. The number of hydrogen-bond acceptors (Lipinski definition) is 3. The molecule has 1 aromatic rings. The van der Waals surface area contributed by atoms with Gasteiger partial charge in [-0.1, -0.05) is 39.0 Å². The maximum Gasteiger partial charge on any atom is 0.458 e. The van der Waals surface area contributed by atoms with Crippen molar-refractivity contribution in [3.63, 3.8) is 0 Å². The highest BCUT2D eigenvalue weighted by molar-refractivity contribution is 6.41. The van der Waals surface area contributed by atoms with Gasteiger partial charge in [0.1, 0.15) is 0 Å². The minimum atomic E-state index is -5.77.